The van der Waals surface area contributed by atoms with Crippen molar-refractivity contribution in [2.24, 2.45) is 5.41 Å². The number of hydrogen-bond donors (Lipinski definition) is 1. The van der Waals surface area contributed by atoms with Gasteiger partial charge in [-0.3, -0.25) is 9.59 Å². The second-order valence-corrected chi connectivity index (χ2v) is 6.14. The third kappa shape index (κ3) is 7.47. The summed E-state index contributed by atoms with van der Waals surface area (Å²) in [5.41, 5.74) is 0.451. The number of carboxylic acid groups (broad SMARTS) is 1. The Labute approximate surface area is 146 Å². The van der Waals surface area contributed by atoms with Crippen LogP contribution in [0.15, 0.2) is 36.9 Å². The SMILES string of the molecule is COC(=O)C(C)(C)C.O=C(O)CC[n+]1ccc(-c2ncccn2)cn1. The van der Waals surface area contributed by atoms with Crippen LogP contribution in [-0.4, -0.2) is 39.2 Å². The third-order valence-electron chi connectivity index (χ3n) is 2.95. The molecule has 0 aromatic carbocycles. The maximum absolute atomic E-state index is 10.6. The molecule has 2 rings (SSSR count). The Morgan fingerprint density at radius 3 is 2.28 bits per heavy atom. The van der Waals surface area contributed by atoms with Crippen molar-refractivity contribution in [3.8, 4) is 11.4 Å². The van der Waals surface area contributed by atoms with E-state index in [2.05, 4.69) is 19.8 Å². The minimum atomic E-state index is -0.838. The molecule has 0 spiro atoms. The average molecular weight is 347 g/mol. The topological polar surface area (TPSA) is 106 Å². The first kappa shape index (κ1) is 20.1. The summed E-state index contributed by atoms with van der Waals surface area (Å²) in [5.74, 6) is -0.405. The first-order valence-electron chi connectivity index (χ1n) is 7.67. The highest BCUT2D eigenvalue weighted by Gasteiger charge is 2.21. The molecule has 0 saturated carbocycles. The fraction of sp³-hybridized carbons (Fsp3) is 0.412. The van der Waals surface area contributed by atoms with Crippen molar-refractivity contribution >= 4 is 11.9 Å². The zero-order chi connectivity index (χ0) is 18.9. The van der Waals surface area contributed by atoms with E-state index in [-0.39, 0.29) is 17.8 Å². The van der Waals surface area contributed by atoms with Crippen molar-refractivity contribution in [1.29, 1.82) is 0 Å². The number of hydrogen-bond acceptors (Lipinski definition) is 6. The van der Waals surface area contributed by atoms with Gasteiger partial charge in [0.15, 0.2) is 18.6 Å². The minimum Gasteiger partial charge on any atom is -0.481 e. The van der Waals surface area contributed by atoms with Gasteiger partial charge >= 0.3 is 11.9 Å². The molecule has 0 unspecified atom stereocenters. The van der Waals surface area contributed by atoms with Gasteiger partial charge < -0.3 is 9.84 Å². The number of nitrogens with zero attached hydrogens (tertiary/aromatic N) is 4. The van der Waals surface area contributed by atoms with Crippen LogP contribution in [0.2, 0.25) is 0 Å². The summed E-state index contributed by atoms with van der Waals surface area (Å²) in [6.07, 6.45) is 6.71. The third-order valence-corrected chi connectivity index (χ3v) is 2.95. The molecule has 0 amide bonds. The summed E-state index contributed by atoms with van der Waals surface area (Å²) in [6.45, 7) is 5.81. The molecule has 0 aliphatic heterocycles. The lowest BCUT2D eigenvalue weighted by Crippen LogP contribution is -2.38. The van der Waals surface area contributed by atoms with E-state index in [0.29, 0.717) is 12.4 Å². The molecule has 2 aromatic heterocycles. The van der Waals surface area contributed by atoms with Crippen LogP contribution in [-0.2, 0) is 20.9 Å². The Bertz CT molecular complexity index is 682. The van der Waals surface area contributed by atoms with Gasteiger partial charge in [-0.05, 0) is 31.9 Å². The Morgan fingerprint density at radius 2 is 1.88 bits per heavy atom. The Morgan fingerprint density at radius 1 is 1.24 bits per heavy atom. The van der Waals surface area contributed by atoms with Gasteiger partial charge in [0.05, 0.1) is 12.5 Å². The van der Waals surface area contributed by atoms with Crippen molar-refractivity contribution in [2.75, 3.05) is 7.11 Å². The summed E-state index contributed by atoms with van der Waals surface area (Å²) in [4.78, 5) is 29.2. The first-order chi connectivity index (χ1) is 11.7. The smallest absolute Gasteiger partial charge is 0.310 e. The lowest BCUT2D eigenvalue weighted by atomic mass is 9.98. The second kappa shape index (κ2) is 9.41. The van der Waals surface area contributed by atoms with Gasteiger partial charge in [0.25, 0.3) is 0 Å². The lowest BCUT2D eigenvalue weighted by Gasteiger charge is -2.13. The predicted molar refractivity (Wildman–Crippen MR) is 89.2 cm³/mol. The summed E-state index contributed by atoms with van der Waals surface area (Å²) in [5, 5.41) is 12.6. The van der Waals surface area contributed by atoms with Crippen molar-refractivity contribution in [3.05, 3.63) is 36.9 Å². The molecule has 25 heavy (non-hydrogen) atoms. The van der Waals surface area contributed by atoms with E-state index in [0.717, 1.165) is 5.56 Å². The normalized spacial score (nSPS) is 10.4. The molecule has 2 heterocycles. The van der Waals surface area contributed by atoms with Gasteiger partial charge in [-0.2, -0.15) is 0 Å². The summed E-state index contributed by atoms with van der Waals surface area (Å²) in [7, 11) is 1.40. The number of ether oxygens (including phenoxy) is 1. The first-order valence-corrected chi connectivity index (χ1v) is 7.67. The average Bonchev–Trinajstić information content (AvgIpc) is 2.60. The molecule has 0 radical (unpaired) electrons. The zero-order valence-corrected chi connectivity index (χ0v) is 14.8. The highest BCUT2D eigenvalue weighted by atomic mass is 16.5. The van der Waals surface area contributed by atoms with Gasteiger partial charge in [-0.15, -0.1) is 0 Å². The summed E-state index contributed by atoms with van der Waals surface area (Å²) >= 11 is 0. The van der Waals surface area contributed by atoms with Gasteiger partial charge in [-0.25, -0.2) is 9.97 Å². The van der Waals surface area contributed by atoms with Gasteiger partial charge in [-0.1, -0.05) is 4.68 Å². The molecule has 1 N–H and O–H groups in total. The van der Waals surface area contributed by atoms with E-state index >= 15 is 0 Å². The molecule has 0 atom stereocenters. The minimum absolute atomic E-state index is 0.0544. The standard InChI is InChI=1S/C11H10N4O2.C6H12O2/c16-10(17)3-7-15-6-2-9(8-14-15)11-12-4-1-5-13-11;1-6(2,3)5(7)8-4/h1-2,4-6,8H,3,7H2;1-4H3/p+1. The molecule has 0 aliphatic carbocycles. The number of aryl methyl sites for hydroxylation is 1. The number of carbonyl (C=O) groups excluding carboxylic acids is 1. The largest absolute Gasteiger partial charge is 0.481 e. The predicted octanol–water partition coefficient (Wildman–Crippen LogP) is 1.51. The van der Waals surface area contributed by atoms with Gasteiger partial charge in [0.2, 0.25) is 0 Å². The van der Waals surface area contributed by atoms with E-state index in [1.54, 1.807) is 35.5 Å². The molecule has 0 fully saturated rings. The highest BCUT2D eigenvalue weighted by molar-refractivity contribution is 5.75. The molecule has 134 valence electrons. The number of aromatic nitrogens is 4. The number of rotatable bonds is 4. The second-order valence-electron chi connectivity index (χ2n) is 6.14. The Hall–Kier alpha value is -2.90. The van der Waals surface area contributed by atoms with E-state index in [1.165, 1.54) is 7.11 Å². The zero-order valence-electron chi connectivity index (χ0n) is 14.8. The van der Waals surface area contributed by atoms with Crippen molar-refractivity contribution in [3.63, 3.8) is 0 Å². The van der Waals surface area contributed by atoms with E-state index in [9.17, 15) is 9.59 Å². The molecule has 0 saturated heterocycles. The molecule has 8 nitrogen and oxygen atoms in total. The van der Waals surface area contributed by atoms with Crippen LogP contribution >= 0.6 is 0 Å². The number of aliphatic carboxylic acids is 1. The lowest BCUT2D eigenvalue weighted by molar-refractivity contribution is -0.752. The number of carbonyl (C=O) groups is 2. The number of carboxylic acids is 1. The molecular formula is C17H23N4O4+. The van der Waals surface area contributed by atoms with E-state index in [1.807, 2.05) is 26.8 Å². The molecule has 0 aliphatic rings. The van der Waals surface area contributed by atoms with Crippen molar-refractivity contribution in [2.45, 2.75) is 33.7 Å². The van der Waals surface area contributed by atoms with Crippen LogP contribution in [0.1, 0.15) is 27.2 Å². The number of methoxy groups -OCH3 is 1. The van der Waals surface area contributed by atoms with Crippen molar-refractivity contribution in [1.82, 2.24) is 15.1 Å². The summed E-state index contributed by atoms with van der Waals surface area (Å²) < 4.78 is 6.05. The molecular weight excluding hydrogens is 324 g/mol. The number of esters is 1. The molecule has 2 aromatic rings. The Balaban J connectivity index is 0.000000333. The van der Waals surface area contributed by atoms with E-state index < -0.39 is 5.97 Å². The van der Waals surface area contributed by atoms with Crippen LogP contribution in [0.5, 0.6) is 0 Å². The molecule has 8 heteroatoms. The fourth-order valence-electron chi connectivity index (χ4n) is 1.61. The van der Waals surface area contributed by atoms with Gasteiger partial charge in [0.1, 0.15) is 12.6 Å². The maximum atomic E-state index is 10.6. The highest BCUT2D eigenvalue weighted by Crippen LogP contribution is 2.13. The van der Waals surface area contributed by atoms with Crippen LogP contribution < -0.4 is 4.68 Å². The summed E-state index contributed by atoms with van der Waals surface area (Å²) in [6, 6.07) is 3.55. The van der Waals surface area contributed by atoms with Crippen LogP contribution in [0.25, 0.3) is 11.4 Å². The quantitative estimate of drug-likeness (QED) is 0.660. The van der Waals surface area contributed by atoms with Crippen LogP contribution in [0.4, 0.5) is 0 Å². The molecule has 0 bridgehead atoms. The van der Waals surface area contributed by atoms with Crippen LogP contribution in [0.3, 0.4) is 0 Å². The van der Waals surface area contributed by atoms with Crippen molar-refractivity contribution < 1.29 is 24.1 Å². The van der Waals surface area contributed by atoms with Gasteiger partial charge in [0, 0.05) is 24.0 Å². The van der Waals surface area contributed by atoms with E-state index in [4.69, 9.17) is 5.11 Å². The van der Waals surface area contributed by atoms with Crippen LogP contribution in [0, 0.1) is 5.41 Å². The Kier molecular flexibility index (Phi) is 7.58. The monoisotopic (exact) mass is 347 g/mol. The fourth-order valence-corrected chi connectivity index (χ4v) is 1.61. The maximum Gasteiger partial charge on any atom is 0.310 e.